The molecule has 1 aromatic heterocycles. The third-order valence-electron chi connectivity index (χ3n) is 3.64. The summed E-state index contributed by atoms with van der Waals surface area (Å²) >= 11 is 11.1. The molecule has 1 aromatic carbocycles. The van der Waals surface area contributed by atoms with E-state index in [1.165, 1.54) is 10.4 Å². The number of ether oxygens (including phenoxy) is 1. The molecule has 1 unspecified atom stereocenters. The van der Waals surface area contributed by atoms with Crippen LogP contribution in [0.2, 0.25) is 4.34 Å². The molecule has 0 fully saturated rings. The van der Waals surface area contributed by atoms with E-state index >= 15 is 0 Å². The minimum atomic E-state index is 0.367. The van der Waals surface area contributed by atoms with E-state index < -0.39 is 0 Å². The van der Waals surface area contributed by atoms with Crippen molar-refractivity contribution < 1.29 is 4.74 Å². The minimum Gasteiger partial charge on any atom is -0.493 e. The van der Waals surface area contributed by atoms with Gasteiger partial charge in [-0.15, -0.1) is 11.3 Å². The predicted octanol–water partition coefficient (Wildman–Crippen LogP) is 5.21. The van der Waals surface area contributed by atoms with Gasteiger partial charge < -0.3 is 10.1 Å². The Morgan fingerprint density at radius 1 is 1.33 bits per heavy atom. The van der Waals surface area contributed by atoms with E-state index in [9.17, 15) is 0 Å². The van der Waals surface area contributed by atoms with Crippen molar-refractivity contribution in [3.63, 3.8) is 0 Å². The first-order valence-corrected chi connectivity index (χ1v) is 9.11. The largest absolute Gasteiger partial charge is 0.493 e. The van der Waals surface area contributed by atoms with Crippen molar-refractivity contribution in [2.75, 3.05) is 13.2 Å². The van der Waals surface area contributed by atoms with E-state index in [-0.39, 0.29) is 0 Å². The number of nitrogens with one attached hydrogen (secondary N) is 1. The zero-order chi connectivity index (χ0) is 14.7. The Labute approximate surface area is 142 Å². The summed E-state index contributed by atoms with van der Waals surface area (Å²) in [6, 6.07) is 10.7. The Balaban J connectivity index is 1.65. The zero-order valence-electron chi connectivity index (χ0n) is 11.6. The molecule has 0 saturated heterocycles. The van der Waals surface area contributed by atoms with E-state index in [4.69, 9.17) is 16.3 Å². The van der Waals surface area contributed by atoms with Gasteiger partial charge in [-0.3, -0.25) is 0 Å². The third-order valence-corrected chi connectivity index (χ3v) is 5.42. The highest BCUT2D eigenvalue weighted by atomic mass is 79.9. The van der Waals surface area contributed by atoms with Crippen molar-refractivity contribution in [1.29, 1.82) is 0 Å². The molecule has 21 heavy (non-hydrogen) atoms. The van der Waals surface area contributed by atoms with Crippen LogP contribution in [0.1, 0.15) is 29.3 Å². The molecule has 0 spiro atoms. The molecule has 1 atom stereocenters. The maximum absolute atomic E-state index is 5.97. The van der Waals surface area contributed by atoms with Crippen LogP contribution in [-0.4, -0.2) is 13.2 Å². The number of thiophene rings is 1. The summed E-state index contributed by atoms with van der Waals surface area (Å²) in [4.78, 5) is 1.33. The molecule has 0 aliphatic carbocycles. The Hall–Kier alpha value is -0.550. The first kappa shape index (κ1) is 15.3. The lowest BCUT2D eigenvalue weighted by molar-refractivity contribution is 0.315. The molecule has 1 aliphatic heterocycles. The first-order chi connectivity index (χ1) is 10.2. The molecule has 0 bridgehead atoms. The number of fused-ring (bicyclic) bond motifs is 1. The lowest BCUT2D eigenvalue weighted by Gasteiger charge is -2.18. The van der Waals surface area contributed by atoms with E-state index in [1.807, 2.05) is 6.07 Å². The molecule has 0 radical (unpaired) electrons. The number of benzene rings is 1. The van der Waals surface area contributed by atoms with Gasteiger partial charge >= 0.3 is 0 Å². The lowest BCUT2D eigenvalue weighted by Crippen LogP contribution is -2.23. The molecule has 0 saturated carbocycles. The second kappa shape index (κ2) is 7.14. The molecule has 1 N–H and O–H groups in total. The Morgan fingerprint density at radius 2 is 2.24 bits per heavy atom. The van der Waals surface area contributed by atoms with Crippen LogP contribution in [0.3, 0.4) is 0 Å². The molecule has 0 amide bonds. The van der Waals surface area contributed by atoms with Gasteiger partial charge in [0.05, 0.1) is 10.9 Å². The van der Waals surface area contributed by atoms with Crippen molar-refractivity contribution >= 4 is 38.9 Å². The monoisotopic (exact) mass is 385 g/mol. The summed E-state index contributed by atoms with van der Waals surface area (Å²) in [6.45, 7) is 1.75. The van der Waals surface area contributed by atoms with Gasteiger partial charge in [0.2, 0.25) is 0 Å². The summed E-state index contributed by atoms with van der Waals surface area (Å²) in [5.74, 6) is 0.999. The molecule has 1 aliphatic rings. The Morgan fingerprint density at radius 3 is 3.05 bits per heavy atom. The topological polar surface area (TPSA) is 21.3 Å². The standard InChI is InChI=1S/C16H17BrClNOS/c17-11-3-5-13-14(2-1-9-20-15(13)10-11)19-8-7-12-4-6-16(18)21-12/h3-6,10,14,19H,1-2,7-9H2. The number of hydrogen-bond donors (Lipinski definition) is 1. The molecule has 112 valence electrons. The Kier molecular flexibility index (Phi) is 5.22. The molecule has 2 heterocycles. The van der Waals surface area contributed by atoms with Crippen LogP contribution in [0.25, 0.3) is 0 Å². The van der Waals surface area contributed by atoms with Crippen molar-refractivity contribution in [2.45, 2.75) is 25.3 Å². The van der Waals surface area contributed by atoms with E-state index in [2.05, 4.69) is 45.5 Å². The second-order valence-corrected chi connectivity index (χ2v) is 7.85. The van der Waals surface area contributed by atoms with Gasteiger partial charge in [0, 0.05) is 27.5 Å². The summed E-state index contributed by atoms with van der Waals surface area (Å²) < 4.78 is 7.77. The summed E-state index contributed by atoms with van der Waals surface area (Å²) in [5.41, 5.74) is 1.26. The van der Waals surface area contributed by atoms with Crippen LogP contribution in [0.5, 0.6) is 5.75 Å². The van der Waals surface area contributed by atoms with E-state index in [0.29, 0.717) is 6.04 Å². The van der Waals surface area contributed by atoms with E-state index in [0.717, 1.165) is 47.0 Å². The average Bonchev–Trinajstić information content (AvgIpc) is 2.77. The van der Waals surface area contributed by atoms with Crippen molar-refractivity contribution in [2.24, 2.45) is 0 Å². The quantitative estimate of drug-likeness (QED) is 0.779. The van der Waals surface area contributed by atoms with Crippen molar-refractivity contribution in [3.8, 4) is 5.75 Å². The van der Waals surface area contributed by atoms with Gasteiger partial charge in [-0.05, 0) is 43.5 Å². The SMILES string of the molecule is Clc1ccc(CCNC2CCCOc3cc(Br)ccc32)s1. The third kappa shape index (κ3) is 4.01. The fourth-order valence-corrected chi connectivity index (χ4v) is 4.04. The number of halogens is 2. The van der Waals surface area contributed by atoms with E-state index in [1.54, 1.807) is 11.3 Å². The van der Waals surface area contributed by atoms with Gasteiger partial charge in [-0.2, -0.15) is 0 Å². The highest BCUT2D eigenvalue weighted by Gasteiger charge is 2.19. The van der Waals surface area contributed by atoms with Crippen LogP contribution in [0.4, 0.5) is 0 Å². The lowest BCUT2D eigenvalue weighted by atomic mass is 10.0. The van der Waals surface area contributed by atoms with Gasteiger partial charge in [0.1, 0.15) is 5.75 Å². The van der Waals surface area contributed by atoms with Gasteiger partial charge in [0.25, 0.3) is 0 Å². The fraction of sp³-hybridized carbons (Fsp3) is 0.375. The van der Waals surface area contributed by atoms with Crippen molar-refractivity contribution in [1.82, 2.24) is 5.32 Å². The van der Waals surface area contributed by atoms with Crippen LogP contribution in [0.15, 0.2) is 34.8 Å². The normalized spacial score (nSPS) is 17.9. The molecule has 2 aromatic rings. The average molecular weight is 387 g/mol. The predicted molar refractivity (Wildman–Crippen MR) is 92.6 cm³/mol. The Bertz CT molecular complexity index is 616. The maximum atomic E-state index is 5.97. The summed E-state index contributed by atoms with van der Waals surface area (Å²) in [5, 5.41) is 3.66. The molecular formula is C16H17BrClNOS. The molecule has 3 rings (SSSR count). The van der Waals surface area contributed by atoms with Crippen molar-refractivity contribution in [3.05, 3.63) is 49.6 Å². The second-order valence-electron chi connectivity index (χ2n) is 5.14. The first-order valence-electron chi connectivity index (χ1n) is 7.12. The van der Waals surface area contributed by atoms with Crippen LogP contribution < -0.4 is 10.1 Å². The highest BCUT2D eigenvalue weighted by Crippen LogP contribution is 2.33. The van der Waals surface area contributed by atoms with Gasteiger partial charge in [-0.1, -0.05) is 33.6 Å². The maximum Gasteiger partial charge on any atom is 0.125 e. The molecule has 2 nitrogen and oxygen atoms in total. The number of hydrogen-bond acceptors (Lipinski definition) is 3. The van der Waals surface area contributed by atoms with Gasteiger partial charge in [0.15, 0.2) is 0 Å². The van der Waals surface area contributed by atoms with Gasteiger partial charge in [-0.25, -0.2) is 0 Å². The van der Waals surface area contributed by atoms with Crippen LogP contribution in [-0.2, 0) is 6.42 Å². The zero-order valence-corrected chi connectivity index (χ0v) is 14.7. The van der Waals surface area contributed by atoms with Crippen LogP contribution >= 0.6 is 38.9 Å². The highest BCUT2D eigenvalue weighted by molar-refractivity contribution is 9.10. The van der Waals surface area contributed by atoms with Crippen LogP contribution in [0, 0.1) is 0 Å². The summed E-state index contributed by atoms with van der Waals surface area (Å²) in [7, 11) is 0. The smallest absolute Gasteiger partial charge is 0.125 e. The number of rotatable bonds is 4. The minimum absolute atomic E-state index is 0.367. The molecule has 5 heteroatoms. The fourth-order valence-electron chi connectivity index (χ4n) is 2.61. The molecular weight excluding hydrogens is 370 g/mol. The summed E-state index contributed by atoms with van der Waals surface area (Å²) in [6.07, 6.45) is 3.20.